The van der Waals surface area contributed by atoms with Gasteiger partial charge in [-0.1, -0.05) is 20.8 Å². The Morgan fingerprint density at radius 3 is 2.56 bits per heavy atom. The molecule has 7 nitrogen and oxygen atoms in total. The molecule has 7 heteroatoms. The van der Waals surface area contributed by atoms with Gasteiger partial charge in [-0.15, -0.1) is 0 Å². The average molecular weight is 254 g/mol. The number of hydrogen-bond donors (Lipinski definition) is 2. The van der Waals surface area contributed by atoms with Crippen molar-refractivity contribution in [1.29, 1.82) is 0 Å². The molecular weight excluding hydrogens is 236 g/mol. The molecule has 0 aliphatic rings. The van der Waals surface area contributed by atoms with Gasteiger partial charge in [0.2, 0.25) is 5.91 Å². The molecule has 1 aromatic rings. The third kappa shape index (κ3) is 4.15. The summed E-state index contributed by atoms with van der Waals surface area (Å²) in [6, 6.07) is -0.902. The lowest BCUT2D eigenvalue weighted by Gasteiger charge is -2.27. The molecule has 1 amide bonds. The highest BCUT2D eigenvalue weighted by Crippen LogP contribution is 2.19. The summed E-state index contributed by atoms with van der Waals surface area (Å²) in [4.78, 5) is 26.5. The number of carboxylic acids is 1. The fraction of sp³-hybridized carbons (Fsp3) is 0.636. The lowest BCUT2D eigenvalue weighted by Crippen LogP contribution is -2.49. The van der Waals surface area contributed by atoms with Gasteiger partial charge in [0.25, 0.3) is 0 Å². The lowest BCUT2D eigenvalue weighted by molar-refractivity contribution is -0.145. The molecule has 0 bridgehead atoms. The van der Waals surface area contributed by atoms with Gasteiger partial charge >= 0.3 is 5.97 Å². The van der Waals surface area contributed by atoms with Crippen molar-refractivity contribution in [3.8, 4) is 0 Å². The molecule has 1 atom stereocenters. The molecule has 1 rings (SSSR count). The minimum absolute atomic E-state index is 0.170. The van der Waals surface area contributed by atoms with Crippen molar-refractivity contribution in [3.63, 3.8) is 0 Å². The molecule has 0 aromatic carbocycles. The number of aliphatic carboxylic acids is 1. The fourth-order valence-corrected chi connectivity index (χ4v) is 1.45. The first-order chi connectivity index (χ1) is 8.30. The highest BCUT2D eigenvalue weighted by atomic mass is 16.4. The predicted octanol–water partition coefficient (Wildman–Crippen LogP) is 0.284. The number of aryl methyl sites for hydroxylation is 1. The molecule has 0 spiro atoms. The molecule has 0 saturated carbocycles. The van der Waals surface area contributed by atoms with Crippen LogP contribution < -0.4 is 5.32 Å². The smallest absolute Gasteiger partial charge is 0.326 e. The van der Waals surface area contributed by atoms with E-state index < -0.39 is 17.4 Å². The SMILES string of the molecule is CC(C)(C)C(NC(=O)CCn1cncn1)C(=O)O. The van der Waals surface area contributed by atoms with E-state index in [9.17, 15) is 9.59 Å². The van der Waals surface area contributed by atoms with Crippen LogP contribution in [0.25, 0.3) is 0 Å². The van der Waals surface area contributed by atoms with E-state index >= 15 is 0 Å². The summed E-state index contributed by atoms with van der Waals surface area (Å²) in [6.45, 7) is 5.68. The van der Waals surface area contributed by atoms with Crippen molar-refractivity contribution < 1.29 is 14.7 Å². The van der Waals surface area contributed by atoms with Crippen LogP contribution in [-0.2, 0) is 16.1 Å². The van der Waals surface area contributed by atoms with Gasteiger partial charge in [-0.05, 0) is 5.41 Å². The summed E-state index contributed by atoms with van der Waals surface area (Å²) in [6.07, 6.45) is 3.06. The van der Waals surface area contributed by atoms with Crippen LogP contribution in [0.5, 0.6) is 0 Å². The maximum absolute atomic E-state index is 11.7. The summed E-state index contributed by atoms with van der Waals surface area (Å²) in [7, 11) is 0. The van der Waals surface area contributed by atoms with Crippen molar-refractivity contribution >= 4 is 11.9 Å². The van der Waals surface area contributed by atoms with Gasteiger partial charge in [-0.25, -0.2) is 9.78 Å². The summed E-state index contributed by atoms with van der Waals surface area (Å²) in [5.74, 6) is -1.34. The maximum Gasteiger partial charge on any atom is 0.326 e. The van der Waals surface area contributed by atoms with Crippen molar-refractivity contribution in [2.24, 2.45) is 5.41 Å². The summed E-state index contributed by atoms with van der Waals surface area (Å²) >= 11 is 0. The van der Waals surface area contributed by atoms with Crippen molar-refractivity contribution in [2.75, 3.05) is 0 Å². The first-order valence-electron chi connectivity index (χ1n) is 5.65. The van der Waals surface area contributed by atoms with Crippen LogP contribution in [0.1, 0.15) is 27.2 Å². The third-order valence-electron chi connectivity index (χ3n) is 2.45. The van der Waals surface area contributed by atoms with E-state index in [4.69, 9.17) is 5.11 Å². The van der Waals surface area contributed by atoms with Crippen LogP contribution in [0.4, 0.5) is 0 Å². The normalized spacial score (nSPS) is 13.1. The standard InChI is InChI=1S/C11H18N4O3/c1-11(2,3)9(10(17)18)14-8(16)4-5-15-7-12-6-13-15/h6-7,9H,4-5H2,1-3H3,(H,14,16)(H,17,18). The Kier molecular flexibility index (Phi) is 4.41. The Labute approximate surface area is 105 Å². The van der Waals surface area contributed by atoms with Crippen LogP contribution in [0.15, 0.2) is 12.7 Å². The van der Waals surface area contributed by atoms with E-state index in [-0.39, 0.29) is 12.3 Å². The zero-order valence-corrected chi connectivity index (χ0v) is 10.8. The van der Waals surface area contributed by atoms with Crippen LogP contribution in [0.2, 0.25) is 0 Å². The Hall–Kier alpha value is -1.92. The van der Waals surface area contributed by atoms with Crippen LogP contribution in [0, 0.1) is 5.41 Å². The van der Waals surface area contributed by atoms with E-state index in [0.717, 1.165) is 0 Å². The topological polar surface area (TPSA) is 97.1 Å². The van der Waals surface area contributed by atoms with Crippen LogP contribution in [0.3, 0.4) is 0 Å². The van der Waals surface area contributed by atoms with Gasteiger partial charge in [0, 0.05) is 6.42 Å². The Balaban J connectivity index is 2.49. The monoisotopic (exact) mass is 254 g/mol. The number of rotatable bonds is 5. The summed E-state index contributed by atoms with van der Waals surface area (Å²) in [5.41, 5.74) is -0.533. The largest absolute Gasteiger partial charge is 0.480 e. The average Bonchev–Trinajstić information content (AvgIpc) is 2.73. The van der Waals surface area contributed by atoms with Crippen LogP contribution >= 0.6 is 0 Å². The molecule has 0 fully saturated rings. The minimum atomic E-state index is -1.03. The van der Waals surface area contributed by atoms with Crippen LogP contribution in [-0.4, -0.2) is 37.8 Å². The summed E-state index contributed by atoms with van der Waals surface area (Å²) < 4.78 is 1.52. The zero-order chi connectivity index (χ0) is 13.8. The van der Waals surface area contributed by atoms with Crippen molar-refractivity contribution in [1.82, 2.24) is 20.1 Å². The molecule has 1 unspecified atom stereocenters. The van der Waals surface area contributed by atoms with E-state index in [1.54, 1.807) is 20.8 Å². The predicted molar refractivity (Wildman–Crippen MR) is 63.7 cm³/mol. The van der Waals surface area contributed by atoms with Gasteiger partial charge in [0.15, 0.2) is 0 Å². The molecule has 0 saturated heterocycles. The second kappa shape index (κ2) is 5.61. The number of amides is 1. The van der Waals surface area contributed by atoms with Crippen molar-refractivity contribution in [2.45, 2.75) is 39.8 Å². The zero-order valence-electron chi connectivity index (χ0n) is 10.8. The number of nitrogens with one attached hydrogen (secondary N) is 1. The first-order valence-corrected chi connectivity index (χ1v) is 5.65. The Morgan fingerprint density at radius 1 is 1.44 bits per heavy atom. The first kappa shape index (κ1) is 14.1. The van der Waals surface area contributed by atoms with Gasteiger partial charge in [0.1, 0.15) is 18.7 Å². The van der Waals surface area contributed by atoms with Gasteiger partial charge < -0.3 is 10.4 Å². The molecule has 18 heavy (non-hydrogen) atoms. The second-order valence-corrected chi connectivity index (χ2v) is 5.11. The molecule has 100 valence electrons. The molecular formula is C11H18N4O3. The van der Waals surface area contributed by atoms with E-state index in [1.807, 2.05) is 0 Å². The van der Waals surface area contributed by atoms with Gasteiger partial charge in [-0.2, -0.15) is 5.10 Å². The summed E-state index contributed by atoms with van der Waals surface area (Å²) in [5, 5.41) is 15.4. The molecule has 0 aliphatic carbocycles. The molecule has 1 heterocycles. The molecule has 0 radical (unpaired) electrons. The Morgan fingerprint density at radius 2 is 2.11 bits per heavy atom. The van der Waals surface area contributed by atoms with Gasteiger partial charge in [-0.3, -0.25) is 9.48 Å². The Bertz CT molecular complexity index is 408. The maximum atomic E-state index is 11.7. The molecule has 0 aliphatic heterocycles. The molecule has 1 aromatic heterocycles. The second-order valence-electron chi connectivity index (χ2n) is 5.11. The third-order valence-corrected chi connectivity index (χ3v) is 2.45. The quantitative estimate of drug-likeness (QED) is 0.786. The highest BCUT2D eigenvalue weighted by molar-refractivity contribution is 5.84. The number of carbonyl (C=O) groups is 2. The number of hydrogen-bond acceptors (Lipinski definition) is 4. The lowest BCUT2D eigenvalue weighted by atomic mass is 9.86. The van der Waals surface area contributed by atoms with Gasteiger partial charge in [0.05, 0.1) is 6.54 Å². The highest BCUT2D eigenvalue weighted by Gasteiger charge is 2.32. The molecule has 2 N–H and O–H groups in total. The van der Waals surface area contributed by atoms with E-state index in [1.165, 1.54) is 17.3 Å². The van der Waals surface area contributed by atoms with E-state index in [0.29, 0.717) is 6.54 Å². The fourth-order valence-electron chi connectivity index (χ4n) is 1.45. The number of aromatic nitrogens is 3. The number of carboxylic acid groups (broad SMARTS) is 1. The van der Waals surface area contributed by atoms with E-state index in [2.05, 4.69) is 15.4 Å². The number of carbonyl (C=O) groups excluding carboxylic acids is 1. The minimum Gasteiger partial charge on any atom is -0.480 e. The number of nitrogens with zero attached hydrogens (tertiary/aromatic N) is 3. The van der Waals surface area contributed by atoms with Crippen molar-refractivity contribution in [3.05, 3.63) is 12.7 Å².